The number of benzene rings is 2. The van der Waals surface area contributed by atoms with Crippen LogP contribution in [0.15, 0.2) is 53.4 Å². The van der Waals surface area contributed by atoms with Crippen LogP contribution in [0, 0.1) is 18.3 Å². The second-order valence-electron chi connectivity index (χ2n) is 4.36. The first-order chi connectivity index (χ1) is 10.0. The van der Waals surface area contributed by atoms with Crippen LogP contribution in [0.1, 0.15) is 5.56 Å². The van der Waals surface area contributed by atoms with Gasteiger partial charge in [-0.15, -0.1) is 0 Å². The Bertz CT molecular complexity index is 762. The summed E-state index contributed by atoms with van der Waals surface area (Å²) >= 11 is 0. The van der Waals surface area contributed by atoms with E-state index in [-0.39, 0.29) is 11.5 Å². The topological polar surface area (TPSA) is 79.2 Å². The summed E-state index contributed by atoms with van der Waals surface area (Å²) in [5.41, 5.74) is 1.28. The number of hydrogen-bond donors (Lipinski definition) is 1. The van der Waals surface area contributed by atoms with Gasteiger partial charge in [-0.1, -0.05) is 29.8 Å². The average Bonchev–Trinajstić information content (AvgIpc) is 2.46. The van der Waals surface area contributed by atoms with Gasteiger partial charge in [-0.2, -0.15) is 5.26 Å². The summed E-state index contributed by atoms with van der Waals surface area (Å²) in [5.74, 6) is 0.315. The van der Waals surface area contributed by atoms with Crippen LogP contribution in [0.5, 0.6) is 5.75 Å². The van der Waals surface area contributed by atoms with Crippen molar-refractivity contribution in [3.05, 3.63) is 54.1 Å². The molecule has 0 atom stereocenters. The summed E-state index contributed by atoms with van der Waals surface area (Å²) in [6.45, 7) is 1.73. The molecule has 5 nitrogen and oxygen atoms in total. The van der Waals surface area contributed by atoms with Gasteiger partial charge < -0.3 is 4.74 Å². The standard InChI is InChI=1S/C15H14N2O3S/c1-12-6-8-13(9-7-12)21(18,19)17-14-4-2-3-5-15(14)20-11-10-16/h2-9,17H,11H2,1H3. The monoisotopic (exact) mass is 302 g/mol. The summed E-state index contributed by atoms with van der Waals surface area (Å²) in [4.78, 5) is 0.170. The molecule has 0 radical (unpaired) electrons. The van der Waals surface area contributed by atoms with E-state index in [1.54, 1.807) is 36.4 Å². The Kier molecular flexibility index (Phi) is 4.45. The Morgan fingerprint density at radius 1 is 1.14 bits per heavy atom. The van der Waals surface area contributed by atoms with Crippen LogP contribution in [0.2, 0.25) is 0 Å². The largest absolute Gasteiger partial charge is 0.477 e. The van der Waals surface area contributed by atoms with E-state index in [4.69, 9.17) is 10.00 Å². The average molecular weight is 302 g/mol. The van der Waals surface area contributed by atoms with E-state index in [1.807, 2.05) is 13.0 Å². The highest BCUT2D eigenvalue weighted by Crippen LogP contribution is 2.26. The summed E-state index contributed by atoms with van der Waals surface area (Å²) in [6, 6.07) is 15.0. The number of ether oxygens (including phenoxy) is 1. The minimum Gasteiger partial charge on any atom is -0.477 e. The molecule has 0 unspecified atom stereocenters. The fourth-order valence-electron chi connectivity index (χ4n) is 1.71. The highest BCUT2D eigenvalue weighted by Gasteiger charge is 2.16. The van der Waals surface area contributed by atoms with E-state index in [9.17, 15) is 8.42 Å². The highest BCUT2D eigenvalue weighted by atomic mass is 32.2. The molecule has 0 bridgehead atoms. The summed E-state index contributed by atoms with van der Waals surface area (Å²) in [6.07, 6.45) is 0. The predicted octanol–water partition coefficient (Wildman–Crippen LogP) is 2.70. The Hall–Kier alpha value is -2.52. The second kappa shape index (κ2) is 6.29. The SMILES string of the molecule is Cc1ccc(S(=O)(=O)Nc2ccccc2OCC#N)cc1. The first-order valence-electron chi connectivity index (χ1n) is 6.21. The van der Waals surface area contributed by atoms with Gasteiger partial charge in [0.25, 0.3) is 10.0 Å². The number of aryl methyl sites for hydroxylation is 1. The van der Waals surface area contributed by atoms with E-state index < -0.39 is 10.0 Å². The van der Waals surface area contributed by atoms with Gasteiger partial charge in [-0.05, 0) is 31.2 Å². The molecule has 108 valence electrons. The molecule has 0 heterocycles. The molecule has 0 amide bonds. The molecule has 0 saturated heterocycles. The van der Waals surface area contributed by atoms with Crippen molar-refractivity contribution in [1.29, 1.82) is 5.26 Å². The van der Waals surface area contributed by atoms with Crippen LogP contribution >= 0.6 is 0 Å². The van der Waals surface area contributed by atoms with Crippen molar-refractivity contribution in [2.24, 2.45) is 0 Å². The minimum absolute atomic E-state index is 0.150. The maximum atomic E-state index is 12.3. The Balaban J connectivity index is 2.29. The highest BCUT2D eigenvalue weighted by molar-refractivity contribution is 7.92. The molecule has 2 aromatic rings. The van der Waals surface area contributed by atoms with Gasteiger partial charge in [0.1, 0.15) is 11.8 Å². The molecule has 0 aliphatic carbocycles. The molecule has 2 aromatic carbocycles. The maximum absolute atomic E-state index is 12.3. The second-order valence-corrected chi connectivity index (χ2v) is 6.04. The lowest BCUT2D eigenvalue weighted by molar-refractivity contribution is 0.370. The Morgan fingerprint density at radius 3 is 2.48 bits per heavy atom. The van der Waals surface area contributed by atoms with Crippen LogP contribution in [0.3, 0.4) is 0 Å². The number of rotatable bonds is 5. The maximum Gasteiger partial charge on any atom is 0.262 e. The molecule has 1 N–H and O–H groups in total. The normalized spacial score (nSPS) is 10.7. The predicted molar refractivity (Wildman–Crippen MR) is 79.5 cm³/mol. The van der Waals surface area contributed by atoms with Crippen LogP contribution in [-0.2, 0) is 10.0 Å². The summed E-state index contributed by atoms with van der Waals surface area (Å²) in [7, 11) is -3.69. The number of nitrogens with one attached hydrogen (secondary N) is 1. The zero-order valence-corrected chi connectivity index (χ0v) is 12.2. The zero-order chi connectivity index (χ0) is 15.3. The summed E-state index contributed by atoms with van der Waals surface area (Å²) in [5, 5.41) is 8.54. The molecule has 0 aliphatic rings. The fraction of sp³-hybridized carbons (Fsp3) is 0.133. The van der Waals surface area contributed by atoms with Crippen molar-refractivity contribution in [3.8, 4) is 11.8 Å². The molecule has 0 spiro atoms. The molecule has 0 fully saturated rings. The van der Waals surface area contributed by atoms with Gasteiger partial charge in [-0.3, -0.25) is 4.72 Å². The van der Waals surface area contributed by atoms with E-state index in [0.717, 1.165) is 5.56 Å². The Morgan fingerprint density at radius 2 is 1.81 bits per heavy atom. The van der Waals surface area contributed by atoms with E-state index in [0.29, 0.717) is 11.4 Å². The van der Waals surface area contributed by atoms with Crippen molar-refractivity contribution in [3.63, 3.8) is 0 Å². The van der Waals surface area contributed by atoms with Gasteiger partial charge in [0, 0.05) is 0 Å². The molecule has 0 aliphatic heterocycles. The van der Waals surface area contributed by atoms with E-state index >= 15 is 0 Å². The third kappa shape index (κ3) is 3.74. The number of para-hydroxylation sites is 2. The molecule has 2 rings (SSSR count). The number of anilines is 1. The quantitative estimate of drug-likeness (QED) is 0.921. The molecular weight excluding hydrogens is 288 g/mol. The van der Waals surface area contributed by atoms with Crippen molar-refractivity contribution >= 4 is 15.7 Å². The van der Waals surface area contributed by atoms with Gasteiger partial charge in [0.2, 0.25) is 0 Å². The van der Waals surface area contributed by atoms with Crippen LogP contribution < -0.4 is 9.46 Å². The Labute approximate surface area is 123 Å². The van der Waals surface area contributed by atoms with Gasteiger partial charge in [-0.25, -0.2) is 8.42 Å². The van der Waals surface area contributed by atoms with Crippen molar-refractivity contribution in [2.75, 3.05) is 11.3 Å². The molecular formula is C15H14N2O3S. The molecule has 0 aromatic heterocycles. The van der Waals surface area contributed by atoms with Crippen LogP contribution in [-0.4, -0.2) is 15.0 Å². The van der Waals surface area contributed by atoms with Crippen molar-refractivity contribution < 1.29 is 13.2 Å². The van der Waals surface area contributed by atoms with Crippen molar-refractivity contribution in [1.82, 2.24) is 0 Å². The third-order valence-electron chi connectivity index (χ3n) is 2.75. The minimum atomic E-state index is -3.69. The lowest BCUT2D eigenvalue weighted by atomic mass is 10.2. The van der Waals surface area contributed by atoms with Crippen molar-refractivity contribution in [2.45, 2.75) is 11.8 Å². The van der Waals surface area contributed by atoms with Gasteiger partial charge in [0.05, 0.1) is 10.6 Å². The van der Waals surface area contributed by atoms with E-state index in [2.05, 4.69) is 4.72 Å². The number of sulfonamides is 1. The third-order valence-corrected chi connectivity index (χ3v) is 4.14. The van der Waals surface area contributed by atoms with Gasteiger partial charge in [0.15, 0.2) is 6.61 Å². The van der Waals surface area contributed by atoms with E-state index in [1.165, 1.54) is 12.1 Å². The fourth-order valence-corrected chi connectivity index (χ4v) is 2.78. The smallest absolute Gasteiger partial charge is 0.262 e. The number of hydrogen-bond acceptors (Lipinski definition) is 4. The first-order valence-corrected chi connectivity index (χ1v) is 7.69. The summed E-state index contributed by atoms with van der Waals surface area (Å²) < 4.78 is 32.3. The zero-order valence-electron chi connectivity index (χ0n) is 11.4. The lowest BCUT2D eigenvalue weighted by Crippen LogP contribution is -2.13. The lowest BCUT2D eigenvalue weighted by Gasteiger charge is -2.12. The molecule has 21 heavy (non-hydrogen) atoms. The number of nitrogens with zero attached hydrogens (tertiary/aromatic N) is 1. The van der Waals surface area contributed by atoms with Gasteiger partial charge >= 0.3 is 0 Å². The van der Waals surface area contributed by atoms with Crippen LogP contribution in [0.25, 0.3) is 0 Å². The molecule has 6 heteroatoms. The van der Waals surface area contributed by atoms with Crippen LogP contribution in [0.4, 0.5) is 5.69 Å². The number of nitriles is 1. The first kappa shape index (κ1) is 14.9. The molecule has 0 saturated carbocycles.